The van der Waals surface area contributed by atoms with E-state index in [1.165, 1.54) is 6.20 Å². The van der Waals surface area contributed by atoms with Crippen molar-refractivity contribution in [3.63, 3.8) is 0 Å². The van der Waals surface area contributed by atoms with Crippen LogP contribution >= 0.6 is 0 Å². The molecule has 0 aromatic carbocycles. The number of amides is 1. The van der Waals surface area contributed by atoms with E-state index in [2.05, 4.69) is 25.3 Å². The molecule has 1 N–H and O–H groups in total. The molecule has 2 aromatic heterocycles. The summed E-state index contributed by atoms with van der Waals surface area (Å²) in [5.41, 5.74) is 1.53. The highest BCUT2D eigenvalue weighted by Gasteiger charge is 2.14. The van der Waals surface area contributed by atoms with Gasteiger partial charge in [0.1, 0.15) is 5.69 Å². The van der Waals surface area contributed by atoms with E-state index in [0.29, 0.717) is 24.8 Å². The van der Waals surface area contributed by atoms with Gasteiger partial charge in [0.15, 0.2) is 0 Å². The average Bonchev–Trinajstić information content (AvgIpc) is 2.57. The number of aryl methyl sites for hydroxylation is 1. The normalized spacial score (nSPS) is 14.7. The Morgan fingerprint density at radius 1 is 1.09 bits per heavy atom. The number of carbonyl (C=O) groups is 1. The molecule has 22 heavy (non-hydrogen) atoms. The smallest absolute Gasteiger partial charge is 0.275 e. The quantitative estimate of drug-likeness (QED) is 0.890. The van der Waals surface area contributed by atoms with Crippen molar-refractivity contribution in [3.05, 3.63) is 36.2 Å². The fraction of sp³-hybridized carbons (Fsp3) is 0.357. The van der Waals surface area contributed by atoms with Crippen molar-refractivity contribution in [1.29, 1.82) is 0 Å². The fourth-order valence-electron chi connectivity index (χ4n) is 2.02. The second-order valence-electron chi connectivity index (χ2n) is 4.87. The Bertz CT molecular complexity index is 637. The Morgan fingerprint density at radius 3 is 2.45 bits per heavy atom. The van der Waals surface area contributed by atoms with Gasteiger partial charge >= 0.3 is 0 Å². The van der Waals surface area contributed by atoms with Crippen molar-refractivity contribution in [2.24, 2.45) is 0 Å². The summed E-state index contributed by atoms with van der Waals surface area (Å²) in [4.78, 5) is 30.7. The summed E-state index contributed by atoms with van der Waals surface area (Å²) in [6, 6.07) is 0. The van der Waals surface area contributed by atoms with Crippen molar-refractivity contribution in [2.45, 2.75) is 6.92 Å². The maximum atomic E-state index is 12.0. The van der Waals surface area contributed by atoms with Crippen molar-refractivity contribution in [1.82, 2.24) is 19.9 Å². The molecular formula is C14H16N6O2. The van der Waals surface area contributed by atoms with Crippen LogP contribution in [0, 0.1) is 6.92 Å². The Labute approximate surface area is 127 Å². The zero-order valence-electron chi connectivity index (χ0n) is 12.2. The van der Waals surface area contributed by atoms with Crippen LogP contribution in [0.1, 0.15) is 16.2 Å². The predicted octanol–water partition coefficient (Wildman–Crippen LogP) is 0.664. The van der Waals surface area contributed by atoms with Gasteiger partial charge in [-0.05, 0) is 6.92 Å². The molecule has 1 saturated heterocycles. The summed E-state index contributed by atoms with van der Waals surface area (Å²) >= 11 is 0. The second kappa shape index (κ2) is 6.44. The lowest BCUT2D eigenvalue weighted by atomic mass is 10.4. The summed E-state index contributed by atoms with van der Waals surface area (Å²) in [5.74, 6) is 0.298. The topological polar surface area (TPSA) is 93.1 Å². The third-order valence-corrected chi connectivity index (χ3v) is 3.20. The van der Waals surface area contributed by atoms with Crippen molar-refractivity contribution >= 4 is 17.5 Å². The molecule has 0 radical (unpaired) electrons. The number of morpholine rings is 1. The van der Waals surface area contributed by atoms with E-state index < -0.39 is 0 Å². The minimum atomic E-state index is -0.338. The Morgan fingerprint density at radius 2 is 1.82 bits per heavy atom. The van der Waals surface area contributed by atoms with Gasteiger partial charge in [0.25, 0.3) is 5.91 Å². The maximum absolute atomic E-state index is 12.0. The van der Waals surface area contributed by atoms with Crippen LogP contribution in [-0.4, -0.2) is 52.1 Å². The van der Waals surface area contributed by atoms with E-state index in [1.54, 1.807) is 18.6 Å². The lowest BCUT2D eigenvalue weighted by Crippen LogP contribution is -2.37. The number of carbonyl (C=O) groups excluding carboxylic acids is 1. The van der Waals surface area contributed by atoms with Crippen LogP contribution in [0.3, 0.4) is 0 Å². The van der Waals surface area contributed by atoms with Gasteiger partial charge in [0.2, 0.25) is 5.95 Å². The van der Waals surface area contributed by atoms with Gasteiger partial charge in [-0.15, -0.1) is 0 Å². The standard InChI is InChI=1S/C14H16N6O2/c1-10-6-16-12(9-15-10)13(21)19-11-7-17-14(18-8-11)20-2-4-22-5-3-20/h6-9H,2-5H2,1H3,(H,19,21). The summed E-state index contributed by atoms with van der Waals surface area (Å²) in [6.45, 7) is 4.70. The molecule has 3 heterocycles. The minimum absolute atomic E-state index is 0.253. The van der Waals surface area contributed by atoms with Crippen LogP contribution in [0.15, 0.2) is 24.8 Å². The van der Waals surface area contributed by atoms with Crippen LogP contribution in [0.25, 0.3) is 0 Å². The molecule has 0 spiro atoms. The van der Waals surface area contributed by atoms with Crippen molar-refractivity contribution < 1.29 is 9.53 Å². The first-order chi connectivity index (χ1) is 10.7. The lowest BCUT2D eigenvalue weighted by molar-refractivity contribution is 0.102. The van der Waals surface area contributed by atoms with Gasteiger partial charge in [-0.1, -0.05) is 0 Å². The fourth-order valence-corrected chi connectivity index (χ4v) is 2.02. The van der Waals surface area contributed by atoms with E-state index >= 15 is 0 Å². The molecule has 1 aliphatic heterocycles. The minimum Gasteiger partial charge on any atom is -0.378 e. The largest absolute Gasteiger partial charge is 0.378 e. The number of nitrogens with one attached hydrogen (secondary N) is 1. The molecule has 0 atom stereocenters. The third-order valence-electron chi connectivity index (χ3n) is 3.20. The number of hydrogen-bond donors (Lipinski definition) is 1. The average molecular weight is 300 g/mol. The highest BCUT2D eigenvalue weighted by atomic mass is 16.5. The predicted molar refractivity (Wildman–Crippen MR) is 79.8 cm³/mol. The summed E-state index contributed by atoms with van der Waals surface area (Å²) < 4.78 is 5.29. The number of nitrogens with zero attached hydrogens (tertiary/aromatic N) is 5. The third kappa shape index (κ3) is 3.34. The van der Waals surface area contributed by atoms with Gasteiger partial charge in [-0.2, -0.15) is 0 Å². The molecule has 114 valence electrons. The van der Waals surface area contributed by atoms with Gasteiger partial charge in [0.05, 0.1) is 43.2 Å². The number of hydrogen-bond acceptors (Lipinski definition) is 7. The highest BCUT2D eigenvalue weighted by Crippen LogP contribution is 2.12. The van der Waals surface area contributed by atoms with Gasteiger partial charge in [-0.25, -0.2) is 15.0 Å². The Hall–Kier alpha value is -2.61. The summed E-state index contributed by atoms with van der Waals surface area (Å²) in [7, 11) is 0. The summed E-state index contributed by atoms with van der Waals surface area (Å²) in [5, 5.41) is 2.70. The Kier molecular flexibility index (Phi) is 4.19. The molecule has 0 saturated carbocycles. The molecule has 8 nitrogen and oxygen atoms in total. The highest BCUT2D eigenvalue weighted by molar-refractivity contribution is 6.02. The van der Waals surface area contributed by atoms with E-state index in [9.17, 15) is 4.79 Å². The van der Waals surface area contributed by atoms with Gasteiger partial charge in [0, 0.05) is 19.3 Å². The van der Waals surface area contributed by atoms with Crippen LogP contribution in [-0.2, 0) is 4.74 Å². The molecular weight excluding hydrogens is 284 g/mol. The zero-order valence-corrected chi connectivity index (χ0v) is 12.2. The first-order valence-electron chi connectivity index (χ1n) is 6.97. The van der Waals surface area contributed by atoms with Crippen LogP contribution in [0.2, 0.25) is 0 Å². The molecule has 0 unspecified atom stereocenters. The van der Waals surface area contributed by atoms with Crippen molar-refractivity contribution in [2.75, 3.05) is 36.5 Å². The van der Waals surface area contributed by atoms with Crippen LogP contribution in [0.4, 0.5) is 11.6 Å². The monoisotopic (exact) mass is 300 g/mol. The Balaban J connectivity index is 1.65. The molecule has 0 bridgehead atoms. The molecule has 1 fully saturated rings. The van der Waals surface area contributed by atoms with Crippen LogP contribution < -0.4 is 10.2 Å². The first-order valence-corrected chi connectivity index (χ1v) is 6.97. The molecule has 1 aliphatic rings. The maximum Gasteiger partial charge on any atom is 0.275 e. The lowest BCUT2D eigenvalue weighted by Gasteiger charge is -2.26. The van der Waals surface area contributed by atoms with E-state index in [0.717, 1.165) is 18.8 Å². The molecule has 3 rings (SSSR count). The first kappa shape index (κ1) is 14.3. The zero-order chi connectivity index (χ0) is 15.4. The van der Waals surface area contributed by atoms with Gasteiger partial charge < -0.3 is 15.0 Å². The second-order valence-corrected chi connectivity index (χ2v) is 4.87. The number of anilines is 2. The number of aromatic nitrogens is 4. The van der Waals surface area contributed by atoms with E-state index in [4.69, 9.17) is 4.74 Å². The number of rotatable bonds is 3. The SMILES string of the molecule is Cc1cnc(C(=O)Nc2cnc(N3CCOCC3)nc2)cn1. The molecule has 1 amide bonds. The molecule has 8 heteroatoms. The van der Waals surface area contributed by atoms with Gasteiger partial charge in [-0.3, -0.25) is 9.78 Å². The summed E-state index contributed by atoms with van der Waals surface area (Å²) in [6.07, 6.45) is 6.15. The van der Waals surface area contributed by atoms with E-state index in [-0.39, 0.29) is 11.6 Å². The molecule has 2 aromatic rings. The van der Waals surface area contributed by atoms with Crippen molar-refractivity contribution in [3.8, 4) is 0 Å². The van der Waals surface area contributed by atoms with Crippen LogP contribution in [0.5, 0.6) is 0 Å². The van der Waals surface area contributed by atoms with E-state index in [1.807, 2.05) is 11.8 Å². The molecule has 0 aliphatic carbocycles. The number of ether oxygens (including phenoxy) is 1.